The standard InChI is InChI=1S/C18H22BrN/c1-14-17(9-12-20-19)15-7-3-4-8-16(13-15)18(14)10-5-2-6-11-18/h3-4,7-9,12,20H,2,5-6,10-11,13H2,1H3/b12-9-. The predicted molar refractivity (Wildman–Crippen MR) is 89.3 cm³/mol. The molecule has 2 bridgehead atoms. The number of hydrogen-bond acceptors (Lipinski definition) is 1. The fourth-order valence-electron chi connectivity index (χ4n) is 4.12. The molecule has 0 unspecified atom stereocenters. The Hall–Kier alpha value is -1.02. The van der Waals surface area contributed by atoms with Crippen molar-refractivity contribution in [3.8, 4) is 0 Å². The van der Waals surface area contributed by atoms with Gasteiger partial charge < -0.3 is 4.34 Å². The zero-order valence-electron chi connectivity index (χ0n) is 12.1. The highest BCUT2D eigenvalue weighted by molar-refractivity contribution is 9.08. The van der Waals surface area contributed by atoms with Gasteiger partial charge in [0.1, 0.15) is 0 Å². The molecule has 0 heterocycles. The molecule has 1 nitrogen and oxygen atoms in total. The van der Waals surface area contributed by atoms with Gasteiger partial charge >= 0.3 is 0 Å². The molecule has 1 N–H and O–H groups in total. The summed E-state index contributed by atoms with van der Waals surface area (Å²) in [4.78, 5) is 0. The van der Waals surface area contributed by atoms with Crippen LogP contribution >= 0.6 is 16.1 Å². The van der Waals surface area contributed by atoms with E-state index in [4.69, 9.17) is 0 Å². The highest BCUT2D eigenvalue weighted by Crippen LogP contribution is 2.55. The minimum Gasteiger partial charge on any atom is -0.329 e. The molecule has 106 valence electrons. The van der Waals surface area contributed by atoms with Gasteiger partial charge in [-0.25, -0.2) is 0 Å². The topological polar surface area (TPSA) is 12.0 Å². The number of hydrogen-bond donors (Lipinski definition) is 1. The monoisotopic (exact) mass is 331 g/mol. The van der Waals surface area contributed by atoms with Gasteiger partial charge in [-0.1, -0.05) is 54.7 Å². The Morgan fingerprint density at radius 2 is 1.90 bits per heavy atom. The Kier molecular flexibility index (Phi) is 4.02. The maximum atomic E-state index is 3.26. The minimum atomic E-state index is 0.330. The lowest BCUT2D eigenvalue weighted by Gasteiger charge is -2.45. The van der Waals surface area contributed by atoms with Crippen LogP contribution in [-0.2, 0) is 0 Å². The number of allylic oxidation sites excluding steroid dienone is 9. The van der Waals surface area contributed by atoms with Crippen LogP contribution in [0.15, 0.2) is 58.9 Å². The zero-order valence-corrected chi connectivity index (χ0v) is 13.7. The van der Waals surface area contributed by atoms with Gasteiger partial charge in [-0.2, -0.15) is 0 Å². The second-order valence-electron chi connectivity index (χ2n) is 6.07. The lowest BCUT2D eigenvalue weighted by molar-refractivity contribution is 0.279. The van der Waals surface area contributed by atoms with Crippen LogP contribution in [0.4, 0.5) is 0 Å². The molecule has 0 aliphatic heterocycles. The van der Waals surface area contributed by atoms with Crippen molar-refractivity contribution in [2.24, 2.45) is 5.41 Å². The first-order valence-electron chi connectivity index (χ1n) is 7.59. The molecule has 3 aliphatic carbocycles. The van der Waals surface area contributed by atoms with E-state index in [1.165, 1.54) is 43.3 Å². The second kappa shape index (κ2) is 5.77. The van der Waals surface area contributed by atoms with Crippen LogP contribution in [0.2, 0.25) is 0 Å². The predicted octanol–water partition coefficient (Wildman–Crippen LogP) is 5.49. The van der Waals surface area contributed by atoms with E-state index in [1.807, 2.05) is 6.20 Å². The fourth-order valence-corrected chi connectivity index (χ4v) is 4.25. The maximum Gasteiger partial charge on any atom is 0.0460 e. The molecule has 0 atom stereocenters. The molecule has 20 heavy (non-hydrogen) atoms. The third-order valence-electron chi connectivity index (χ3n) is 5.19. The molecule has 0 aromatic rings. The third-order valence-corrected chi connectivity index (χ3v) is 5.45. The summed E-state index contributed by atoms with van der Waals surface area (Å²) in [6, 6.07) is 0. The van der Waals surface area contributed by atoms with Crippen LogP contribution in [0, 0.1) is 5.41 Å². The molecule has 1 fully saturated rings. The lowest BCUT2D eigenvalue weighted by atomic mass is 9.59. The van der Waals surface area contributed by atoms with Crippen molar-refractivity contribution in [2.45, 2.75) is 45.4 Å². The van der Waals surface area contributed by atoms with Crippen molar-refractivity contribution >= 4 is 16.1 Å². The highest BCUT2D eigenvalue weighted by Gasteiger charge is 2.41. The van der Waals surface area contributed by atoms with Crippen molar-refractivity contribution in [2.75, 3.05) is 0 Å². The van der Waals surface area contributed by atoms with Crippen LogP contribution in [0.5, 0.6) is 0 Å². The van der Waals surface area contributed by atoms with E-state index in [2.05, 4.69) is 57.8 Å². The molecule has 3 aliphatic rings. The summed E-state index contributed by atoms with van der Waals surface area (Å²) in [5.74, 6) is 0. The van der Waals surface area contributed by atoms with E-state index in [1.54, 1.807) is 11.1 Å². The Labute approximate surface area is 130 Å². The number of fused-ring (bicyclic) bond motifs is 3. The minimum absolute atomic E-state index is 0.330. The van der Waals surface area contributed by atoms with Gasteiger partial charge in [0.15, 0.2) is 0 Å². The van der Waals surface area contributed by atoms with Gasteiger partial charge in [0.05, 0.1) is 0 Å². The molecule has 3 rings (SSSR count). The Morgan fingerprint density at radius 1 is 1.15 bits per heavy atom. The summed E-state index contributed by atoms with van der Waals surface area (Å²) < 4.78 is 2.95. The molecule has 2 heteroatoms. The lowest BCUT2D eigenvalue weighted by Crippen LogP contribution is -2.32. The number of rotatable bonds is 2. The summed E-state index contributed by atoms with van der Waals surface area (Å²) >= 11 is 3.26. The molecule has 0 aromatic heterocycles. The third kappa shape index (κ3) is 2.24. The first kappa shape index (κ1) is 13.9. The average Bonchev–Trinajstić information content (AvgIpc) is 2.72. The number of halogens is 1. The molecule has 0 radical (unpaired) electrons. The van der Waals surface area contributed by atoms with Crippen LogP contribution in [0.25, 0.3) is 0 Å². The van der Waals surface area contributed by atoms with Crippen molar-refractivity contribution in [1.29, 1.82) is 0 Å². The summed E-state index contributed by atoms with van der Waals surface area (Å²) in [6.07, 6.45) is 21.2. The molecule has 0 saturated heterocycles. The summed E-state index contributed by atoms with van der Waals surface area (Å²) in [5.41, 5.74) is 6.43. The SMILES string of the molecule is CC1=C(/C=C\NBr)C2=CC=CC=C(C2)C12CCCCC2. The maximum absolute atomic E-state index is 3.26. The first-order valence-corrected chi connectivity index (χ1v) is 8.38. The van der Waals surface area contributed by atoms with Crippen LogP contribution in [0.3, 0.4) is 0 Å². The Balaban J connectivity index is 2.14. The second-order valence-corrected chi connectivity index (χ2v) is 6.53. The quantitative estimate of drug-likeness (QED) is 0.659. The van der Waals surface area contributed by atoms with Gasteiger partial charge in [-0.15, -0.1) is 0 Å². The zero-order chi connectivity index (χ0) is 14.0. The highest BCUT2D eigenvalue weighted by atomic mass is 79.9. The van der Waals surface area contributed by atoms with Gasteiger partial charge in [-0.3, -0.25) is 0 Å². The fraction of sp³-hybridized carbons (Fsp3) is 0.444. The van der Waals surface area contributed by atoms with E-state index in [0.29, 0.717) is 5.41 Å². The normalized spacial score (nSPS) is 24.7. The number of nitrogens with one attached hydrogen (secondary N) is 1. The summed E-state index contributed by atoms with van der Waals surface area (Å²) in [5, 5.41) is 0. The van der Waals surface area contributed by atoms with Gasteiger partial charge in [0.2, 0.25) is 0 Å². The van der Waals surface area contributed by atoms with Crippen molar-refractivity contribution in [1.82, 2.24) is 4.34 Å². The smallest absolute Gasteiger partial charge is 0.0460 e. The average molecular weight is 332 g/mol. The van der Waals surface area contributed by atoms with E-state index in [-0.39, 0.29) is 0 Å². The van der Waals surface area contributed by atoms with Gasteiger partial charge in [0.25, 0.3) is 0 Å². The summed E-state index contributed by atoms with van der Waals surface area (Å²) in [6.45, 7) is 2.35. The van der Waals surface area contributed by atoms with Crippen molar-refractivity contribution in [3.05, 3.63) is 58.9 Å². The van der Waals surface area contributed by atoms with E-state index in [0.717, 1.165) is 6.42 Å². The Bertz CT molecular complexity index is 540. The molecular formula is C18H22BrN. The van der Waals surface area contributed by atoms with E-state index >= 15 is 0 Å². The van der Waals surface area contributed by atoms with Crippen molar-refractivity contribution < 1.29 is 0 Å². The van der Waals surface area contributed by atoms with Gasteiger partial charge in [-0.05, 0) is 43.4 Å². The van der Waals surface area contributed by atoms with Crippen LogP contribution in [-0.4, -0.2) is 0 Å². The molecular weight excluding hydrogens is 310 g/mol. The van der Waals surface area contributed by atoms with Crippen LogP contribution in [0.1, 0.15) is 45.4 Å². The van der Waals surface area contributed by atoms with E-state index < -0.39 is 0 Å². The molecule has 1 saturated carbocycles. The summed E-state index contributed by atoms with van der Waals surface area (Å²) in [7, 11) is 0. The van der Waals surface area contributed by atoms with Crippen molar-refractivity contribution in [3.63, 3.8) is 0 Å². The Morgan fingerprint density at radius 3 is 2.65 bits per heavy atom. The molecule has 0 amide bonds. The molecule has 1 spiro atoms. The first-order chi connectivity index (χ1) is 9.78. The largest absolute Gasteiger partial charge is 0.329 e. The van der Waals surface area contributed by atoms with Crippen LogP contribution < -0.4 is 4.34 Å². The molecule has 0 aromatic carbocycles. The van der Waals surface area contributed by atoms with Gasteiger partial charge in [0, 0.05) is 27.8 Å². The van der Waals surface area contributed by atoms with E-state index in [9.17, 15) is 0 Å².